The zero-order valence-electron chi connectivity index (χ0n) is 10.3. The lowest BCUT2D eigenvalue weighted by molar-refractivity contribution is 0.432. The van der Waals surface area contributed by atoms with E-state index in [1.165, 1.54) is 6.20 Å². The molecule has 3 aromatic rings. The standard InChI is InChI=1S/C13H5Br2N5O/c14-8-4-10(15)11(18-6-8)12-19-13(21-20-12)7-1-2-17-9(3-7)5-16/h1-4,6H. The van der Waals surface area contributed by atoms with Crippen molar-refractivity contribution in [1.29, 1.82) is 5.26 Å². The highest BCUT2D eigenvalue weighted by atomic mass is 79.9. The van der Waals surface area contributed by atoms with Gasteiger partial charge in [0.05, 0.1) is 0 Å². The van der Waals surface area contributed by atoms with E-state index in [1.807, 2.05) is 12.1 Å². The molecule has 0 amide bonds. The Labute approximate surface area is 136 Å². The summed E-state index contributed by atoms with van der Waals surface area (Å²) in [5.41, 5.74) is 1.49. The number of pyridine rings is 2. The summed E-state index contributed by atoms with van der Waals surface area (Å²) in [4.78, 5) is 12.4. The second kappa shape index (κ2) is 5.71. The summed E-state index contributed by atoms with van der Waals surface area (Å²) < 4.78 is 6.81. The van der Waals surface area contributed by atoms with Crippen LogP contribution in [0.15, 0.2) is 44.1 Å². The normalized spacial score (nSPS) is 10.3. The lowest BCUT2D eigenvalue weighted by atomic mass is 10.2. The maximum Gasteiger partial charge on any atom is 0.258 e. The molecule has 3 aromatic heterocycles. The van der Waals surface area contributed by atoms with E-state index in [9.17, 15) is 0 Å². The Hall–Kier alpha value is -2.11. The molecular formula is C13H5Br2N5O. The molecule has 21 heavy (non-hydrogen) atoms. The monoisotopic (exact) mass is 405 g/mol. The van der Waals surface area contributed by atoms with Crippen LogP contribution in [-0.2, 0) is 0 Å². The van der Waals surface area contributed by atoms with E-state index in [0.29, 0.717) is 23.0 Å². The first-order valence-electron chi connectivity index (χ1n) is 5.69. The summed E-state index contributed by atoms with van der Waals surface area (Å²) in [5, 5.41) is 12.8. The van der Waals surface area contributed by atoms with Gasteiger partial charge in [-0.2, -0.15) is 10.2 Å². The third-order valence-corrected chi connectivity index (χ3v) is 3.61. The third kappa shape index (κ3) is 2.84. The van der Waals surface area contributed by atoms with Crippen molar-refractivity contribution in [3.05, 3.63) is 45.2 Å². The largest absolute Gasteiger partial charge is 0.334 e. The Morgan fingerprint density at radius 1 is 1.19 bits per heavy atom. The van der Waals surface area contributed by atoms with Crippen molar-refractivity contribution in [2.75, 3.05) is 0 Å². The van der Waals surface area contributed by atoms with Crippen molar-refractivity contribution >= 4 is 31.9 Å². The highest BCUT2D eigenvalue weighted by Gasteiger charge is 2.15. The first kappa shape index (κ1) is 13.9. The van der Waals surface area contributed by atoms with Crippen molar-refractivity contribution in [3.63, 3.8) is 0 Å². The molecular weight excluding hydrogens is 402 g/mol. The van der Waals surface area contributed by atoms with Gasteiger partial charge in [-0.05, 0) is 50.1 Å². The molecule has 0 aliphatic rings. The smallest absolute Gasteiger partial charge is 0.258 e. The molecule has 0 spiro atoms. The SMILES string of the molecule is N#Cc1cc(-c2nc(-c3ncc(Br)cc3Br)no2)ccn1. The molecule has 3 rings (SSSR count). The first-order chi connectivity index (χ1) is 10.2. The molecule has 0 aliphatic heterocycles. The Morgan fingerprint density at radius 2 is 2.05 bits per heavy atom. The molecule has 8 heteroatoms. The Balaban J connectivity index is 2.02. The topological polar surface area (TPSA) is 88.5 Å². The molecule has 0 aromatic carbocycles. The minimum Gasteiger partial charge on any atom is -0.334 e. The second-order valence-corrected chi connectivity index (χ2v) is 5.72. The minimum absolute atomic E-state index is 0.287. The molecule has 6 nitrogen and oxygen atoms in total. The summed E-state index contributed by atoms with van der Waals surface area (Å²) in [5.74, 6) is 0.667. The van der Waals surface area contributed by atoms with Gasteiger partial charge < -0.3 is 4.52 Å². The van der Waals surface area contributed by atoms with Crippen molar-refractivity contribution < 1.29 is 4.52 Å². The summed E-state index contributed by atoms with van der Waals surface area (Å²) in [6, 6.07) is 7.09. The van der Waals surface area contributed by atoms with Crippen LogP contribution >= 0.6 is 31.9 Å². The van der Waals surface area contributed by atoms with Gasteiger partial charge in [-0.15, -0.1) is 0 Å². The van der Waals surface area contributed by atoms with Gasteiger partial charge >= 0.3 is 0 Å². The fourth-order valence-corrected chi connectivity index (χ4v) is 2.81. The van der Waals surface area contributed by atoms with Gasteiger partial charge in [0.25, 0.3) is 5.89 Å². The molecule has 102 valence electrons. The van der Waals surface area contributed by atoms with Crippen LogP contribution in [0, 0.1) is 11.3 Å². The van der Waals surface area contributed by atoms with Crippen LogP contribution in [0.4, 0.5) is 0 Å². The molecule has 0 saturated heterocycles. The highest BCUT2D eigenvalue weighted by Crippen LogP contribution is 2.28. The molecule has 0 radical (unpaired) electrons. The van der Waals surface area contributed by atoms with Gasteiger partial charge in [-0.1, -0.05) is 5.16 Å². The van der Waals surface area contributed by atoms with Crippen LogP contribution in [0.25, 0.3) is 23.0 Å². The molecule has 0 N–H and O–H groups in total. The molecule has 0 atom stereocenters. The zero-order chi connectivity index (χ0) is 14.8. The average molecular weight is 407 g/mol. The lowest BCUT2D eigenvalue weighted by Crippen LogP contribution is -1.88. The summed E-state index contributed by atoms with van der Waals surface area (Å²) in [7, 11) is 0. The van der Waals surface area contributed by atoms with Gasteiger partial charge in [0.15, 0.2) is 0 Å². The van der Waals surface area contributed by atoms with Crippen molar-refractivity contribution in [2.45, 2.75) is 0 Å². The Bertz CT molecular complexity index is 856. The van der Waals surface area contributed by atoms with Crippen LogP contribution in [0.2, 0.25) is 0 Å². The zero-order valence-corrected chi connectivity index (χ0v) is 13.5. The van der Waals surface area contributed by atoms with E-state index in [0.717, 1.165) is 8.95 Å². The Kier molecular flexibility index (Phi) is 3.77. The minimum atomic E-state index is 0.287. The van der Waals surface area contributed by atoms with Crippen molar-refractivity contribution in [1.82, 2.24) is 20.1 Å². The summed E-state index contributed by atoms with van der Waals surface area (Å²) >= 11 is 6.74. The summed E-state index contributed by atoms with van der Waals surface area (Å²) in [6.45, 7) is 0. The predicted octanol–water partition coefficient (Wildman–Crippen LogP) is 3.59. The Morgan fingerprint density at radius 3 is 2.81 bits per heavy atom. The van der Waals surface area contributed by atoms with Crippen LogP contribution in [0.1, 0.15) is 5.69 Å². The van der Waals surface area contributed by atoms with E-state index in [4.69, 9.17) is 9.78 Å². The van der Waals surface area contributed by atoms with Gasteiger partial charge in [-0.25, -0.2) is 4.98 Å². The van der Waals surface area contributed by atoms with Crippen molar-refractivity contribution in [3.8, 4) is 29.0 Å². The molecule has 0 fully saturated rings. The maximum absolute atomic E-state index is 8.85. The van der Waals surface area contributed by atoms with E-state index in [1.54, 1.807) is 18.3 Å². The number of nitrogens with zero attached hydrogens (tertiary/aromatic N) is 5. The van der Waals surface area contributed by atoms with Crippen LogP contribution < -0.4 is 0 Å². The number of nitriles is 1. The van der Waals surface area contributed by atoms with Crippen LogP contribution in [0.3, 0.4) is 0 Å². The van der Waals surface area contributed by atoms with Crippen molar-refractivity contribution in [2.24, 2.45) is 0 Å². The van der Waals surface area contributed by atoms with E-state index < -0.39 is 0 Å². The molecule has 0 bridgehead atoms. The fraction of sp³-hybridized carbons (Fsp3) is 0. The van der Waals surface area contributed by atoms with Gasteiger partial charge in [0.1, 0.15) is 17.5 Å². The van der Waals surface area contributed by atoms with E-state index in [2.05, 4.69) is 52.0 Å². The van der Waals surface area contributed by atoms with Crippen LogP contribution in [0.5, 0.6) is 0 Å². The molecule has 3 heterocycles. The molecule has 0 unspecified atom stereocenters. The van der Waals surface area contributed by atoms with E-state index >= 15 is 0 Å². The lowest BCUT2D eigenvalue weighted by Gasteiger charge is -1.98. The molecule has 0 aliphatic carbocycles. The number of rotatable bonds is 2. The number of halogens is 2. The maximum atomic E-state index is 8.85. The average Bonchev–Trinajstić information content (AvgIpc) is 2.97. The third-order valence-electron chi connectivity index (χ3n) is 2.57. The van der Waals surface area contributed by atoms with Gasteiger partial charge in [-0.3, -0.25) is 4.98 Å². The summed E-state index contributed by atoms with van der Waals surface area (Å²) in [6.07, 6.45) is 3.17. The van der Waals surface area contributed by atoms with Gasteiger partial charge in [0, 0.05) is 26.9 Å². The van der Waals surface area contributed by atoms with Crippen LogP contribution in [-0.4, -0.2) is 20.1 Å². The quantitative estimate of drug-likeness (QED) is 0.646. The van der Waals surface area contributed by atoms with E-state index in [-0.39, 0.29) is 5.69 Å². The second-order valence-electron chi connectivity index (χ2n) is 3.95. The fourth-order valence-electron chi connectivity index (χ4n) is 1.64. The number of aromatic nitrogens is 4. The number of hydrogen-bond donors (Lipinski definition) is 0. The van der Waals surface area contributed by atoms with Gasteiger partial charge in [0.2, 0.25) is 5.82 Å². The number of hydrogen-bond acceptors (Lipinski definition) is 6. The highest BCUT2D eigenvalue weighted by molar-refractivity contribution is 9.11. The predicted molar refractivity (Wildman–Crippen MR) is 80.9 cm³/mol. The first-order valence-corrected chi connectivity index (χ1v) is 7.27. The molecule has 0 saturated carbocycles.